The van der Waals surface area contributed by atoms with Crippen LogP contribution in [0, 0.1) is 0 Å². The van der Waals surface area contributed by atoms with E-state index in [9.17, 15) is 0 Å². The first kappa shape index (κ1) is 12.6. The van der Waals surface area contributed by atoms with E-state index in [4.69, 9.17) is 4.74 Å². The molecule has 3 heteroatoms. The molecule has 0 aliphatic carbocycles. The number of para-hydroxylation sites is 1. The normalized spacial score (nSPS) is 10.3. The Kier molecular flexibility index (Phi) is 4.73. The van der Waals surface area contributed by atoms with Gasteiger partial charge < -0.3 is 10.1 Å². The molecule has 1 aromatic carbocycles. The molecule has 18 heavy (non-hydrogen) atoms. The second kappa shape index (κ2) is 6.77. The Morgan fingerprint density at radius 1 is 1.11 bits per heavy atom. The molecule has 0 aliphatic heterocycles. The molecular weight excluding hydrogens is 224 g/mol. The summed E-state index contributed by atoms with van der Waals surface area (Å²) in [5, 5.41) is 3.45. The Hall–Kier alpha value is -1.87. The van der Waals surface area contributed by atoms with E-state index in [0.29, 0.717) is 6.61 Å². The van der Waals surface area contributed by atoms with Crippen molar-refractivity contribution in [1.82, 2.24) is 4.98 Å². The maximum Gasteiger partial charge on any atom is 0.0733 e. The Balaban J connectivity index is 1.90. The highest BCUT2D eigenvalue weighted by atomic mass is 16.5. The van der Waals surface area contributed by atoms with Crippen molar-refractivity contribution in [3.8, 4) is 0 Å². The molecule has 0 saturated carbocycles. The number of pyridine rings is 1. The van der Waals surface area contributed by atoms with Crippen molar-refractivity contribution in [1.29, 1.82) is 0 Å². The molecule has 1 heterocycles. The van der Waals surface area contributed by atoms with E-state index in [-0.39, 0.29) is 0 Å². The van der Waals surface area contributed by atoms with Crippen LogP contribution in [0.3, 0.4) is 0 Å². The number of hydrogen-bond acceptors (Lipinski definition) is 3. The van der Waals surface area contributed by atoms with Crippen LogP contribution in [-0.4, -0.2) is 18.6 Å². The average Bonchev–Trinajstić information content (AvgIpc) is 2.42. The van der Waals surface area contributed by atoms with Crippen molar-refractivity contribution in [2.45, 2.75) is 13.0 Å². The summed E-state index contributed by atoms with van der Waals surface area (Å²) < 4.78 is 5.18. The van der Waals surface area contributed by atoms with E-state index in [1.54, 1.807) is 7.11 Å². The van der Waals surface area contributed by atoms with Crippen molar-refractivity contribution >= 4 is 5.69 Å². The minimum Gasteiger partial charge on any atom is -0.384 e. The predicted octanol–water partition coefficient (Wildman–Crippen LogP) is 2.88. The Labute approximate surface area is 108 Å². The zero-order valence-corrected chi connectivity index (χ0v) is 10.6. The highest BCUT2D eigenvalue weighted by Crippen LogP contribution is 2.15. The van der Waals surface area contributed by atoms with Crippen molar-refractivity contribution in [2.24, 2.45) is 0 Å². The zero-order valence-electron chi connectivity index (χ0n) is 10.6. The fraction of sp³-hybridized carbons (Fsp3) is 0.267. The fourth-order valence-corrected chi connectivity index (χ4v) is 1.87. The second-order valence-electron chi connectivity index (χ2n) is 4.12. The summed E-state index contributed by atoms with van der Waals surface area (Å²) in [6.45, 7) is 1.54. The average molecular weight is 242 g/mol. The van der Waals surface area contributed by atoms with Gasteiger partial charge in [0.2, 0.25) is 0 Å². The third kappa shape index (κ3) is 3.57. The Bertz CT molecular complexity index is 471. The molecule has 0 spiro atoms. The predicted molar refractivity (Wildman–Crippen MR) is 73.6 cm³/mol. The molecule has 3 nitrogen and oxygen atoms in total. The highest BCUT2D eigenvalue weighted by molar-refractivity contribution is 5.50. The molecule has 0 aliphatic rings. The monoisotopic (exact) mass is 242 g/mol. The van der Waals surface area contributed by atoms with Gasteiger partial charge in [-0.05, 0) is 30.2 Å². The molecule has 2 aromatic rings. The molecule has 1 aromatic heterocycles. The van der Waals surface area contributed by atoms with Crippen LogP contribution in [0.5, 0.6) is 0 Å². The van der Waals surface area contributed by atoms with Gasteiger partial charge in [0.25, 0.3) is 0 Å². The third-order valence-corrected chi connectivity index (χ3v) is 2.80. The van der Waals surface area contributed by atoms with E-state index < -0.39 is 0 Å². The van der Waals surface area contributed by atoms with E-state index in [1.165, 1.54) is 11.1 Å². The van der Waals surface area contributed by atoms with Gasteiger partial charge in [0, 0.05) is 37.3 Å². The first-order valence-electron chi connectivity index (χ1n) is 6.10. The summed E-state index contributed by atoms with van der Waals surface area (Å²) in [4.78, 5) is 4.01. The van der Waals surface area contributed by atoms with Crippen LogP contribution in [0.25, 0.3) is 0 Å². The lowest BCUT2D eigenvalue weighted by Gasteiger charge is -2.11. The number of rotatable bonds is 6. The molecule has 2 rings (SSSR count). The summed E-state index contributed by atoms with van der Waals surface area (Å²) in [6.07, 6.45) is 4.65. The van der Waals surface area contributed by atoms with E-state index >= 15 is 0 Å². The minimum absolute atomic E-state index is 0.637. The number of ether oxygens (including phenoxy) is 1. The molecule has 94 valence electrons. The van der Waals surface area contributed by atoms with Crippen LogP contribution in [-0.2, 0) is 17.8 Å². The van der Waals surface area contributed by atoms with E-state index in [0.717, 1.165) is 18.7 Å². The van der Waals surface area contributed by atoms with Gasteiger partial charge in [-0.3, -0.25) is 4.98 Å². The molecule has 0 radical (unpaired) electrons. The fourth-order valence-electron chi connectivity index (χ4n) is 1.87. The molecular formula is C15H18N2O. The lowest BCUT2D eigenvalue weighted by atomic mass is 10.1. The summed E-state index contributed by atoms with van der Waals surface area (Å²) in [6, 6.07) is 12.3. The topological polar surface area (TPSA) is 34.1 Å². The SMILES string of the molecule is COCc1ccccc1NCCc1ccncc1. The van der Waals surface area contributed by atoms with Crippen LogP contribution in [0.1, 0.15) is 11.1 Å². The summed E-state index contributed by atoms with van der Waals surface area (Å²) in [5.74, 6) is 0. The minimum atomic E-state index is 0.637. The lowest BCUT2D eigenvalue weighted by molar-refractivity contribution is 0.185. The molecule has 0 amide bonds. The number of hydrogen-bond donors (Lipinski definition) is 1. The number of methoxy groups -OCH3 is 1. The van der Waals surface area contributed by atoms with Gasteiger partial charge in [0.15, 0.2) is 0 Å². The first-order valence-corrected chi connectivity index (χ1v) is 6.10. The van der Waals surface area contributed by atoms with Crippen LogP contribution >= 0.6 is 0 Å². The molecule has 0 saturated heterocycles. The Morgan fingerprint density at radius 3 is 2.67 bits per heavy atom. The maximum absolute atomic E-state index is 5.18. The van der Waals surface area contributed by atoms with Crippen LogP contribution in [0.4, 0.5) is 5.69 Å². The highest BCUT2D eigenvalue weighted by Gasteiger charge is 2.00. The largest absolute Gasteiger partial charge is 0.384 e. The number of nitrogens with zero attached hydrogens (tertiary/aromatic N) is 1. The third-order valence-electron chi connectivity index (χ3n) is 2.80. The smallest absolute Gasteiger partial charge is 0.0733 e. The molecule has 0 fully saturated rings. The lowest BCUT2D eigenvalue weighted by Crippen LogP contribution is -2.07. The van der Waals surface area contributed by atoms with Crippen LogP contribution < -0.4 is 5.32 Å². The van der Waals surface area contributed by atoms with Gasteiger partial charge >= 0.3 is 0 Å². The van der Waals surface area contributed by atoms with Gasteiger partial charge in [-0.25, -0.2) is 0 Å². The van der Waals surface area contributed by atoms with E-state index in [2.05, 4.69) is 22.4 Å². The molecule has 0 atom stereocenters. The molecule has 1 N–H and O–H groups in total. The zero-order chi connectivity index (χ0) is 12.6. The Morgan fingerprint density at radius 2 is 1.89 bits per heavy atom. The standard InChI is InChI=1S/C15H18N2O/c1-18-12-14-4-2-3-5-15(14)17-11-8-13-6-9-16-10-7-13/h2-7,9-10,17H,8,11-12H2,1H3. The van der Waals surface area contributed by atoms with Gasteiger partial charge in [-0.2, -0.15) is 0 Å². The van der Waals surface area contributed by atoms with Crippen molar-refractivity contribution < 1.29 is 4.74 Å². The van der Waals surface area contributed by atoms with Gasteiger partial charge in [-0.1, -0.05) is 18.2 Å². The van der Waals surface area contributed by atoms with Gasteiger partial charge in [0.1, 0.15) is 0 Å². The number of benzene rings is 1. The van der Waals surface area contributed by atoms with Crippen molar-refractivity contribution in [3.63, 3.8) is 0 Å². The number of nitrogens with one attached hydrogen (secondary N) is 1. The second-order valence-corrected chi connectivity index (χ2v) is 4.12. The number of anilines is 1. The van der Waals surface area contributed by atoms with Gasteiger partial charge in [-0.15, -0.1) is 0 Å². The van der Waals surface area contributed by atoms with Gasteiger partial charge in [0.05, 0.1) is 6.61 Å². The molecule has 0 bridgehead atoms. The molecule has 0 unspecified atom stereocenters. The first-order chi connectivity index (χ1) is 8.90. The van der Waals surface area contributed by atoms with E-state index in [1.807, 2.05) is 36.7 Å². The summed E-state index contributed by atoms with van der Waals surface area (Å²) in [5.41, 5.74) is 3.63. The maximum atomic E-state index is 5.18. The quantitative estimate of drug-likeness (QED) is 0.845. The summed E-state index contributed by atoms with van der Waals surface area (Å²) >= 11 is 0. The summed E-state index contributed by atoms with van der Waals surface area (Å²) in [7, 11) is 1.72. The van der Waals surface area contributed by atoms with Crippen molar-refractivity contribution in [2.75, 3.05) is 19.0 Å². The van der Waals surface area contributed by atoms with Crippen molar-refractivity contribution in [3.05, 3.63) is 59.9 Å². The number of aromatic nitrogens is 1. The van der Waals surface area contributed by atoms with Crippen LogP contribution in [0.15, 0.2) is 48.8 Å². The van der Waals surface area contributed by atoms with Crippen LogP contribution in [0.2, 0.25) is 0 Å².